The molecule has 1 aliphatic heterocycles. The first-order chi connectivity index (χ1) is 9.65. The predicted octanol–water partition coefficient (Wildman–Crippen LogP) is -0.0507. The Labute approximate surface area is 118 Å². The molecule has 2 heterocycles. The quantitative estimate of drug-likeness (QED) is 0.651. The summed E-state index contributed by atoms with van der Waals surface area (Å²) in [5.41, 5.74) is 0.300. The summed E-state index contributed by atoms with van der Waals surface area (Å²) in [5, 5.41) is 23.7. The number of aliphatic hydroxyl groups is 1. The van der Waals surface area contributed by atoms with Crippen molar-refractivity contribution in [3.63, 3.8) is 0 Å². The smallest absolute Gasteiger partial charge is 0.273 e. The molecule has 0 aromatic carbocycles. The average Bonchev–Trinajstić information content (AvgIpc) is 2.84. The third-order valence-corrected chi connectivity index (χ3v) is 3.94. The molecule has 112 valence electrons. The number of aliphatic hydroxyl groups excluding tert-OH is 1. The minimum atomic E-state index is -0.514. The van der Waals surface area contributed by atoms with Crippen LogP contribution in [0.15, 0.2) is 6.20 Å². The van der Waals surface area contributed by atoms with Crippen LogP contribution in [0.2, 0.25) is 0 Å². The van der Waals surface area contributed by atoms with Crippen molar-refractivity contribution in [2.45, 2.75) is 38.8 Å². The van der Waals surface area contributed by atoms with Crippen LogP contribution in [0.5, 0.6) is 0 Å². The Balaban J connectivity index is 1.83. The number of rotatable bonds is 7. The first kappa shape index (κ1) is 14.9. The van der Waals surface area contributed by atoms with Crippen molar-refractivity contribution in [2.24, 2.45) is 5.92 Å². The number of amides is 1. The van der Waals surface area contributed by atoms with Crippen LogP contribution in [0.25, 0.3) is 0 Å². The molecule has 0 bridgehead atoms. The summed E-state index contributed by atoms with van der Waals surface area (Å²) < 4.78 is 1.71. The van der Waals surface area contributed by atoms with Crippen LogP contribution in [0.1, 0.15) is 43.2 Å². The van der Waals surface area contributed by atoms with Gasteiger partial charge < -0.3 is 15.7 Å². The van der Waals surface area contributed by atoms with E-state index in [-0.39, 0.29) is 18.4 Å². The van der Waals surface area contributed by atoms with E-state index in [9.17, 15) is 9.90 Å². The van der Waals surface area contributed by atoms with Crippen molar-refractivity contribution in [1.29, 1.82) is 0 Å². The van der Waals surface area contributed by atoms with Crippen LogP contribution in [0, 0.1) is 5.92 Å². The summed E-state index contributed by atoms with van der Waals surface area (Å²) >= 11 is 0. The fraction of sp³-hybridized carbons (Fsp3) is 0.769. The van der Waals surface area contributed by atoms with E-state index in [4.69, 9.17) is 0 Å². The summed E-state index contributed by atoms with van der Waals surface area (Å²) in [6, 6.07) is 0.291. The van der Waals surface area contributed by atoms with Crippen molar-refractivity contribution in [2.75, 3.05) is 19.6 Å². The van der Waals surface area contributed by atoms with Gasteiger partial charge in [-0.2, -0.15) is 0 Å². The van der Waals surface area contributed by atoms with Gasteiger partial charge in [0.2, 0.25) is 0 Å². The average molecular weight is 281 g/mol. The zero-order valence-corrected chi connectivity index (χ0v) is 12.0. The Hall–Kier alpha value is -1.47. The van der Waals surface area contributed by atoms with Crippen molar-refractivity contribution >= 4 is 5.91 Å². The van der Waals surface area contributed by atoms with Crippen molar-refractivity contribution < 1.29 is 9.90 Å². The SMILES string of the molecule is CCC(CC)C(O)CNC(=O)c1cn(C2CNC2)nn1. The molecule has 1 fully saturated rings. The largest absolute Gasteiger partial charge is 0.391 e. The third-order valence-electron chi connectivity index (χ3n) is 3.94. The van der Waals surface area contributed by atoms with Crippen LogP contribution < -0.4 is 10.6 Å². The lowest BCUT2D eigenvalue weighted by molar-refractivity contribution is 0.0813. The summed E-state index contributed by atoms with van der Waals surface area (Å²) in [5.74, 6) is -0.0689. The zero-order valence-electron chi connectivity index (χ0n) is 12.0. The Morgan fingerprint density at radius 3 is 2.80 bits per heavy atom. The number of aromatic nitrogens is 3. The summed E-state index contributed by atoms with van der Waals surface area (Å²) in [4.78, 5) is 11.9. The monoisotopic (exact) mass is 281 g/mol. The van der Waals surface area contributed by atoms with Gasteiger partial charge in [-0.3, -0.25) is 4.79 Å². The van der Waals surface area contributed by atoms with Crippen LogP contribution >= 0.6 is 0 Å². The van der Waals surface area contributed by atoms with Gasteiger partial charge in [0.1, 0.15) is 0 Å². The van der Waals surface area contributed by atoms with Gasteiger partial charge in [0, 0.05) is 19.6 Å². The molecule has 1 atom stereocenters. The molecule has 0 saturated carbocycles. The van der Waals surface area contributed by atoms with Gasteiger partial charge in [0.15, 0.2) is 5.69 Å². The molecular weight excluding hydrogens is 258 g/mol. The normalized spacial score (nSPS) is 17.0. The number of carbonyl (C=O) groups excluding carboxylic acids is 1. The van der Waals surface area contributed by atoms with Gasteiger partial charge in [0.25, 0.3) is 5.91 Å². The van der Waals surface area contributed by atoms with Gasteiger partial charge in [-0.15, -0.1) is 5.10 Å². The first-order valence-corrected chi connectivity index (χ1v) is 7.24. The molecule has 7 heteroatoms. The van der Waals surface area contributed by atoms with E-state index >= 15 is 0 Å². The predicted molar refractivity (Wildman–Crippen MR) is 74.3 cm³/mol. The molecule has 2 rings (SSSR count). The van der Waals surface area contributed by atoms with Crippen molar-refractivity contribution in [1.82, 2.24) is 25.6 Å². The van der Waals surface area contributed by atoms with Crippen LogP contribution in [-0.2, 0) is 0 Å². The lowest BCUT2D eigenvalue weighted by atomic mass is 9.96. The standard InChI is InChI=1S/C13H23N5O2/c1-3-9(4-2)12(19)7-15-13(20)11-8-18(17-16-11)10-5-14-6-10/h8-10,12,14,19H,3-7H2,1-2H3,(H,15,20). The second-order valence-corrected chi connectivity index (χ2v) is 5.25. The lowest BCUT2D eigenvalue weighted by Crippen LogP contribution is -2.43. The maximum atomic E-state index is 11.9. The Morgan fingerprint density at radius 1 is 1.55 bits per heavy atom. The highest BCUT2D eigenvalue weighted by Gasteiger charge is 2.22. The van der Waals surface area contributed by atoms with Crippen LogP contribution in [-0.4, -0.2) is 51.7 Å². The van der Waals surface area contributed by atoms with E-state index in [0.717, 1.165) is 25.9 Å². The topological polar surface area (TPSA) is 92.1 Å². The highest BCUT2D eigenvalue weighted by Crippen LogP contribution is 2.13. The Morgan fingerprint density at radius 2 is 2.25 bits per heavy atom. The minimum Gasteiger partial charge on any atom is -0.391 e. The molecule has 1 amide bonds. The van der Waals surface area contributed by atoms with E-state index in [1.54, 1.807) is 10.9 Å². The number of nitrogens with zero attached hydrogens (tertiary/aromatic N) is 3. The number of hydrogen-bond donors (Lipinski definition) is 3. The fourth-order valence-corrected chi connectivity index (χ4v) is 2.31. The van der Waals surface area contributed by atoms with Gasteiger partial charge >= 0.3 is 0 Å². The van der Waals surface area contributed by atoms with Gasteiger partial charge in [-0.25, -0.2) is 4.68 Å². The fourth-order valence-electron chi connectivity index (χ4n) is 2.31. The summed E-state index contributed by atoms with van der Waals surface area (Å²) in [6.45, 7) is 6.05. The molecule has 0 aliphatic carbocycles. The van der Waals surface area contributed by atoms with Crippen LogP contribution in [0.4, 0.5) is 0 Å². The molecular formula is C13H23N5O2. The zero-order chi connectivity index (χ0) is 14.5. The number of nitrogens with one attached hydrogen (secondary N) is 2. The first-order valence-electron chi connectivity index (χ1n) is 7.24. The van der Waals surface area contributed by atoms with E-state index in [1.165, 1.54) is 0 Å². The number of hydrogen-bond acceptors (Lipinski definition) is 5. The molecule has 1 aromatic heterocycles. The molecule has 0 spiro atoms. The number of carbonyl (C=O) groups is 1. The van der Waals surface area contributed by atoms with Crippen LogP contribution in [0.3, 0.4) is 0 Å². The van der Waals surface area contributed by atoms with E-state index in [2.05, 4.69) is 20.9 Å². The maximum absolute atomic E-state index is 11.9. The molecule has 3 N–H and O–H groups in total. The highest BCUT2D eigenvalue weighted by molar-refractivity contribution is 5.91. The Kier molecular flexibility index (Phi) is 5.08. The molecule has 20 heavy (non-hydrogen) atoms. The molecule has 0 radical (unpaired) electrons. The van der Waals surface area contributed by atoms with Gasteiger partial charge in [0.05, 0.1) is 18.3 Å². The molecule has 1 unspecified atom stereocenters. The molecule has 7 nitrogen and oxygen atoms in total. The molecule has 1 aromatic rings. The second kappa shape index (κ2) is 6.81. The second-order valence-electron chi connectivity index (χ2n) is 5.25. The van der Waals surface area contributed by atoms with Gasteiger partial charge in [-0.05, 0) is 5.92 Å². The summed E-state index contributed by atoms with van der Waals surface area (Å²) in [6.07, 6.45) is 2.95. The highest BCUT2D eigenvalue weighted by atomic mass is 16.3. The maximum Gasteiger partial charge on any atom is 0.273 e. The van der Waals surface area contributed by atoms with Gasteiger partial charge in [-0.1, -0.05) is 31.9 Å². The van der Waals surface area contributed by atoms with Crippen molar-refractivity contribution in [3.05, 3.63) is 11.9 Å². The molecule has 1 aliphatic rings. The lowest BCUT2D eigenvalue weighted by Gasteiger charge is -2.26. The summed E-state index contributed by atoms with van der Waals surface area (Å²) in [7, 11) is 0. The minimum absolute atomic E-state index is 0.215. The molecule has 1 saturated heterocycles. The Bertz CT molecular complexity index is 440. The van der Waals surface area contributed by atoms with E-state index in [0.29, 0.717) is 11.7 Å². The van der Waals surface area contributed by atoms with E-state index < -0.39 is 6.10 Å². The van der Waals surface area contributed by atoms with E-state index in [1.807, 2.05) is 13.8 Å². The van der Waals surface area contributed by atoms with Crippen molar-refractivity contribution in [3.8, 4) is 0 Å². The third kappa shape index (κ3) is 3.34.